The molecule has 2 aromatic carbocycles. The number of hydrogen-bond acceptors (Lipinski definition) is 1. The summed E-state index contributed by atoms with van der Waals surface area (Å²) < 4.78 is 0. The van der Waals surface area contributed by atoms with Crippen LogP contribution in [0.2, 0.25) is 0 Å². The molecule has 0 bridgehead atoms. The van der Waals surface area contributed by atoms with Gasteiger partial charge in [-0.05, 0) is 41.2 Å². The highest BCUT2D eigenvalue weighted by molar-refractivity contribution is 5.96. The molecule has 4 rings (SSSR count). The molecule has 0 atom stereocenters. The number of halogens is 1. The second kappa shape index (κ2) is 5.44. The summed E-state index contributed by atoms with van der Waals surface area (Å²) in [7, 11) is 0. The Kier molecular flexibility index (Phi) is 3.73. The van der Waals surface area contributed by atoms with E-state index in [1.54, 1.807) is 0 Å². The zero-order valence-corrected chi connectivity index (χ0v) is 13.4. The Balaban J connectivity index is 0.00000144. The van der Waals surface area contributed by atoms with Crippen LogP contribution in [0.15, 0.2) is 42.5 Å². The number of nitrogens with two attached hydrogens (primary N) is 1. The van der Waals surface area contributed by atoms with E-state index in [4.69, 9.17) is 11.1 Å². The molecule has 0 aromatic heterocycles. The van der Waals surface area contributed by atoms with Gasteiger partial charge in [-0.15, -0.1) is 12.4 Å². The Morgan fingerprint density at radius 2 is 1.59 bits per heavy atom. The molecule has 0 amide bonds. The molecule has 1 fully saturated rings. The first-order valence-electron chi connectivity index (χ1n) is 7.81. The van der Waals surface area contributed by atoms with Crippen molar-refractivity contribution >= 4 is 18.2 Å². The van der Waals surface area contributed by atoms with E-state index < -0.39 is 0 Å². The van der Waals surface area contributed by atoms with Crippen LogP contribution >= 0.6 is 12.4 Å². The maximum atomic E-state index is 7.74. The van der Waals surface area contributed by atoms with E-state index in [1.807, 2.05) is 6.07 Å². The summed E-state index contributed by atoms with van der Waals surface area (Å²) >= 11 is 0. The Bertz CT molecular complexity index is 730. The van der Waals surface area contributed by atoms with Crippen LogP contribution in [-0.4, -0.2) is 5.84 Å². The number of benzene rings is 2. The number of amidine groups is 1. The van der Waals surface area contributed by atoms with Crippen molar-refractivity contribution < 1.29 is 0 Å². The lowest BCUT2D eigenvalue weighted by atomic mass is 9.67. The van der Waals surface area contributed by atoms with Crippen LogP contribution in [0, 0.1) is 5.41 Å². The maximum Gasteiger partial charge on any atom is 0.122 e. The van der Waals surface area contributed by atoms with E-state index in [1.165, 1.54) is 54.4 Å². The monoisotopic (exact) mass is 312 g/mol. The van der Waals surface area contributed by atoms with Crippen molar-refractivity contribution in [1.29, 1.82) is 5.41 Å². The molecule has 2 aliphatic carbocycles. The Labute approximate surface area is 137 Å². The van der Waals surface area contributed by atoms with Crippen LogP contribution in [-0.2, 0) is 5.41 Å². The first-order chi connectivity index (χ1) is 10.2. The highest BCUT2D eigenvalue weighted by Crippen LogP contribution is 2.55. The van der Waals surface area contributed by atoms with E-state index in [0.717, 1.165) is 5.56 Å². The Morgan fingerprint density at radius 1 is 0.909 bits per heavy atom. The van der Waals surface area contributed by atoms with E-state index in [2.05, 4.69) is 36.4 Å². The number of nitrogens with one attached hydrogen (secondary N) is 1. The van der Waals surface area contributed by atoms with Crippen LogP contribution < -0.4 is 5.73 Å². The summed E-state index contributed by atoms with van der Waals surface area (Å²) in [6.07, 6.45) is 6.36. The number of nitrogen functional groups attached to an aromatic ring is 1. The van der Waals surface area contributed by atoms with Gasteiger partial charge in [-0.25, -0.2) is 0 Å². The Morgan fingerprint density at radius 3 is 2.32 bits per heavy atom. The molecule has 3 N–H and O–H groups in total. The van der Waals surface area contributed by atoms with Gasteiger partial charge in [0.25, 0.3) is 0 Å². The average molecular weight is 313 g/mol. The SMILES string of the molecule is Cl.N=C(N)c1ccc2c(c1)C1(CCCCC1)c1ccccc1-2. The highest BCUT2D eigenvalue weighted by Gasteiger charge is 2.43. The zero-order valence-electron chi connectivity index (χ0n) is 12.6. The molecular weight excluding hydrogens is 292 g/mol. The largest absolute Gasteiger partial charge is 0.384 e. The van der Waals surface area contributed by atoms with Crippen molar-refractivity contribution in [3.8, 4) is 11.1 Å². The van der Waals surface area contributed by atoms with Crippen LogP contribution in [0.3, 0.4) is 0 Å². The molecule has 0 radical (unpaired) electrons. The molecule has 0 unspecified atom stereocenters. The summed E-state index contributed by atoms with van der Waals surface area (Å²) in [6.45, 7) is 0. The van der Waals surface area contributed by atoms with E-state index in [0.29, 0.717) is 0 Å². The molecule has 114 valence electrons. The van der Waals surface area contributed by atoms with Gasteiger partial charge in [0.2, 0.25) is 0 Å². The van der Waals surface area contributed by atoms with Gasteiger partial charge in [-0.3, -0.25) is 5.41 Å². The van der Waals surface area contributed by atoms with Crippen molar-refractivity contribution in [2.45, 2.75) is 37.5 Å². The predicted molar refractivity (Wildman–Crippen MR) is 94.0 cm³/mol. The molecule has 3 heteroatoms. The third-order valence-corrected chi connectivity index (χ3v) is 5.29. The van der Waals surface area contributed by atoms with Gasteiger partial charge in [-0.2, -0.15) is 0 Å². The number of rotatable bonds is 1. The van der Waals surface area contributed by atoms with Crippen molar-refractivity contribution in [2.75, 3.05) is 0 Å². The van der Waals surface area contributed by atoms with E-state index in [-0.39, 0.29) is 23.7 Å². The molecule has 0 heterocycles. The van der Waals surface area contributed by atoms with Crippen LogP contribution in [0.5, 0.6) is 0 Å². The topological polar surface area (TPSA) is 49.9 Å². The van der Waals surface area contributed by atoms with Gasteiger partial charge in [0, 0.05) is 11.0 Å². The summed E-state index contributed by atoms with van der Waals surface area (Å²) in [6, 6.07) is 15.1. The molecule has 2 nitrogen and oxygen atoms in total. The summed E-state index contributed by atoms with van der Waals surface area (Å²) in [4.78, 5) is 0. The minimum Gasteiger partial charge on any atom is -0.384 e. The second-order valence-electron chi connectivity index (χ2n) is 6.36. The van der Waals surface area contributed by atoms with Gasteiger partial charge in [0.1, 0.15) is 5.84 Å². The lowest BCUT2D eigenvalue weighted by Gasteiger charge is -2.36. The molecular formula is C19H21ClN2. The van der Waals surface area contributed by atoms with E-state index in [9.17, 15) is 0 Å². The fourth-order valence-corrected chi connectivity index (χ4v) is 4.32. The smallest absolute Gasteiger partial charge is 0.122 e. The van der Waals surface area contributed by atoms with Crippen molar-refractivity contribution in [3.05, 3.63) is 59.2 Å². The fourth-order valence-electron chi connectivity index (χ4n) is 4.32. The Hall–Kier alpha value is -1.80. The van der Waals surface area contributed by atoms with Gasteiger partial charge in [0.05, 0.1) is 0 Å². The van der Waals surface area contributed by atoms with Crippen molar-refractivity contribution in [1.82, 2.24) is 0 Å². The molecule has 1 spiro atoms. The maximum absolute atomic E-state index is 7.74. The molecule has 2 aliphatic rings. The first kappa shape index (κ1) is 15.1. The molecule has 0 aliphatic heterocycles. The minimum absolute atomic E-state index is 0. The van der Waals surface area contributed by atoms with Gasteiger partial charge >= 0.3 is 0 Å². The highest BCUT2D eigenvalue weighted by atomic mass is 35.5. The lowest BCUT2D eigenvalue weighted by molar-refractivity contribution is 0.353. The van der Waals surface area contributed by atoms with Gasteiger partial charge in [-0.1, -0.05) is 55.7 Å². The fraction of sp³-hybridized carbons (Fsp3) is 0.316. The molecule has 1 saturated carbocycles. The average Bonchev–Trinajstić information content (AvgIpc) is 2.79. The predicted octanol–water partition coefficient (Wildman–Crippen LogP) is 4.62. The third kappa shape index (κ3) is 1.98. The van der Waals surface area contributed by atoms with Crippen LogP contribution in [0.4, 0.5) is 0 Å². The lowest BCUT2D eigenvalue weighted by Crippen LogP contribution is -2.28. The number of hydrogen-bond donors (Lipinski definition) is 2. The van der Waals surface area contributed by atoms with Gasteiger partial charge < -0.3 is 5.73 Å². The first-order valence-corrected chi connectivity index (χ1v) is 7.81. The summed E-state index contributed by atoms with van der Waals surface area (Å²) in [5.74, 6) is 0.166. The van der Waals surface area contributed by atoms with Crippen molar-refractivity contribution in [2.24, 2.45) is 5.73 Å². The van der Waals surface area contributed by atoms with Gasteiger partial charge in [0.15, 0.2) is 0 Å². The van der Waals surface area contributed by atoms with E-state index >= 15 is 0 Å². The van der Waals surface area contributed by atoms with Crippen LogP contribution in [0.1, 0.15) is 48.8 Å². The minimum atomic E-state index is 0. The summed E-state index contributed by atoms with van der Waals surface area (Å²) in [5, 5.41) is 7.74. The quantitative estimate of drug-likeness (QED) is 0.585. The second-order valence-corrected chi connectivity index (χ2v) is 6.36. The van der Waals surface area contributed by atoms with Crippen molar-refractivity contribution in [3.63, 3.8) is 0 Å². The molecule has 2 aromatic rings. The zero-order chi connectivity index (χ0) is 14.4. The van der Waals surface area contributed by atoms with Crippen LogP contribution in [0.25, 0.3) is 11.1 Å². The number of fused-ring (bicyclic) bond motifs is 5. The standard InChI is InChI=1S/C19H20N2.ClH/c20-18(21)13-8-9-15-14-6-2-3-7-16(14)19(17(15)12-13)10-4-1-5-11-19;/h2-3,6-9,12H,1,4-5,10-11H2,(H3,20,21);1H. The third-order valence-electron chi connectivity index (χ3n) is 5.29. The normalized spacial score (nSPS) is 17.5. The molecule has 22 heavy (non-hydrogen) atoms. The molecule has 0 saturated heterocycles. The summed E-state index contributed by atoms with van der Waals surface area (Å²) in [5.41, 5.74) is 12.3.